The Balaban J connectivity index is 2.36. The molecule has 2 N–H and O–H groups in total. The average Bonchev–Trinajstić information content (AvgIpc) is 2.65. The molecule has 8 heteroatoms. The molecular formula is C16H20BF3O4. The fourth-order valence-electron chi connectivity index (χ4n) is 2.27. The second-order valence-corrected chi connectivity index (χ2v) is 6.74. The number of aliphatic hydroxyl groups excluding tert-OH is 1. The number of aliphatic hydroxyl groups is 1. The molecule has 1 fully saturated rings. The Labute approximate surface area is 139 Å². The van der Waals surface area contributed by atoms with Gasteiger partial charge in [-0.2, -0.15) is 13.2 Å². The number of hydrogen-bond donors (Lipinski definition) is 2. The predicted molar refractivity (Wildman–Crippen MR) is 84.3 cm³/mol. The van der Waals surface area contributed by atoms with E-state index in [2.05, 4.69) is 0 Å². The van der Waals surface area contributed by atoms with Crippen LogP contribution in [-0.4, -0.2) is 35.1 Å². The molecule has 1 aromatic rings. The second kappa shape index (κ2) is 6.09. The van der Waals surface area contributed by atoms with Gasteiger partial charge in [0.15, 0.2) is 0 Å². The molecule has 1 aliphatic rings. The molecule has 1 saturated heterocycles. The number of benzene rings is 1. The van der Waals surface area contributed by atoms with Crippen molar-refractivity contribution in [3.05, 3.63) is 34.8 Å². The molecule has 0 aromatic heterocycles. The van der Waals surface area contributed by atoms with Gasteiger partial charge in [-0.05, 0) is 50.9 Å². The van der Waals surface area contributed by atoms with Crippen LogP contribution in [0.4, 0.5) is 13.2 Å². The minimum absolute atomic E-state index is 0.180. The van der Waals surface area contributed by atoms with Crippen molar-refractivity contribution in [1.82, 2.24) is 0 Å². The van der Waals surface area contributed by atoms with Crippen molar-refractivity contribution in [2.45, 2.75) is 45.1 Å². The summed E-state index contributed by atoms with van der Waals surface area (Å²) >= 11 is 0. The third kappa shape index (κ3) is 3.60. The van der Waals surface area contributed by atoms with E-state index in [1.165, 1.54) is 12.1 Å². The SMILES string of the molecule is CC1(C)OB(C(=Cc2ccc(O)c(C(F)(F)F)c2)CO)OC1(C)C. The first-order valence-corrected chi connectivity index (χ1v) is 7.44. The summed E-state index contributed by atoms with van der Waals surface area (Å²) in [5, 5.41) is 18.9. The lowest BCUT2D eigenvalue weighted by molar-refractivity contribution is -0.138. The maximum absolute atomic E-state index is 12.9. The second-order valence-electron chi connectivity index (χ2n) is 6.74. The van der Waals surface area contributed by atoms with Gasteiger partial charge in [-0.1, -0.05) is 12.1 Å². The summed E-state index contributed by atoms with van der Waals surface area (Å²) in [6, 6.07) is 3.11. The lowest BCUT2D eigenvalue weighted by Crippen LogP contribution is -2.41. The molecule has 132 valence electrons. The standard InChI is InChI=1S/C16H20BF3O4/c1-14(2)15(3,4)24-17(23-14)11(9-21)7-10-5-6-13(22)12(8-10)16(18,19)20/h5-8,21-22H,9H2,1-4H3. The van der Waals surface area contributed by atoms with Crippen molar-refractivity contribution in [3.63, 3.8) is 0 Å². The predicted octanol–water partition coefficient (Wildman–Crippen LogP) is 3.42. The molecular weight excluding hydrogens is 324 g/mol. The fraction of sp³-hybridized carbons (Fsp3) is 0.500. The number of alkyl halides is 3. The maximum Gasteiger partial charge on any atom is 0.492 e. The van der Waals surface area contributed by atoms with Gasteiger partial charge < -0.3 is 19.5 Å². The zero-order valence-corrected chi connectivity index (χ0v) is 13.9. The molecule has 0 amide bonds. The normalized spacial score (nSPS) is 20.5. The Morgan fingerprint density at radius 3 is 2.17 bits per heavy atom. The van der Waals surface area contributed by atoms with Crippen LogP contribution in [0.25, 0.3) is 6.08 Å². The van der Waals surface area contributed by atoms with Gasteiger partial charge in [0.1, 0.15) is 5.75 Å². The van der Waals surface area contributed by atoms with E-state index in [1.807, 2.05) is 27.7 Å². The van der Waals surface area contributed by atoms with Gasteiger partial charge in [0.2, 0.25) is 0 Å². The smallest absolute Gasteiger partial charge is 0.492 e. The molecule has 0 saturated carbocycles. The Morgan fingerprint density at radius 1 is 1.17 bits per heavy atom. The Kier molecular flexibility index (Phi) is 4.78. The number of phenols is 1. The van der Waals surface area contributed by atoms with Gasteiger partial charge in [0, 0.05) is 0 Å². The summed E-state index contributed by atoms with van der Waals surface area (Å²) in [7, 11) is -0.858. The van der Waals surface area contributed by atoms with Crippen molar-refractivity contribution in [1.29, 1.82) is 0 Å². The summed E-state index contributed by atoms with van der Waals surface area (Å²) in [5.41, 5.74) is -1.91. The zero-order valence-electron chi connectivity index (χ0n) is 13.9. The summed E-state index contributed by atoms with van der Waals surface area (Å²) in [6.07, 6.45) is -3.30. The highest BCUT2D eigenvalue weighted by Crippen LogP contribution is 2.39. The molecule has 24 heavy (non-hydrogen) atoms. The minimum Gasteiger partial charge on any atom is -0.507 e. The number of phenolic OH excluding ortho intramolecular Hbond substituents is 1. The van der Waals surface area contributed by atoms with Gasteiger partial charge in [-0.25, -0.2) is 0 Å². The molecule has 1 heterocycles. The first-order valence-electron chi connectivity index (χ1n) is 7.44. The van der Waals surface area contributed by atoms with Crippen LogP contribution < -0.4 is 0 Å². The van der Waals surface area contributed by atoms with Crippen LogP contribution in [0.2, 0.25) is 0 Å². The van der Waals surface area contributed by atoms with Crippen molar-refractivity contribution < 1.29 is 32.7 Å². The largest absolute Gasteiger partial charge is 0.507 e. The summed E-state index contributed by atoms with van der Waals surface area (Å²) in [4.78, 5) is 0. The van der Waals surface area contributed by atoms with Crippen LogP contribution in [0.5, 0.6) is 5.75 Å². The molecule has 1 aliphatic heterocycles. The van der Waals surface area contributed by atoms with Crippen molar-refractivity contribution in [2.24, 2.45) is 0 Å². The number of halogens is 3. The molecule has 0 aliphatic carbocycles. The Hall–Kier alpha value is -1.51. The van der Waals surface area contributed by atoms with Crippen LogP contribution in [0, 0.1) is 0 Å². The van der Waals surface area contributed by atoms with E-state index in [0.717, 1.165) is 12.1 Å². The zero-order chi connectivity index (χ0) is 18.3. The first-order chi connectivity index (χ1) is 10.9. The topological polar surface area (TPSA) is 58.9 Å². The molecule has 0 atom stereocenters. The van der Waals surface area contributed by atoms with Crippen LogP contribution in [-0.2, 0) is 15.5 Å². The Morgan fingerprint density at radius 2 is 1.71 bits per heavy atom. The molecule has 0 bridgehead atoms. The lowest BCUT2D eigenvalue weighted by atomic mass is 9.77. The van der Waals surface area contributed by atoms with Crippen LogP contribution >= 0.6 is 0 Å². The number of hydrogen-bond acceptors (Lipinski definition) is 4. The molecule has 0 spiro atoms. The van der Waals surface area contributed by atoms with Crippen molar-refractivity contribution in [3.8, 4) is 5.75 Å². The Bertz CT molecular complexity index is 637. The van der Waals surface area contributed by atoms with E-state index < -0.39 is 42.4 Å². The van der Waals surface area contributed by atoms with Gasteiger partial charge in [0.25, 0.3) is 0 Å². The molecule has 1 aromatic carbocycles. The minimum atomic E-state index is -4.67. The summed E-state index contributed by atoms with van der Waals surface area (Å²) in [5.74, 6) is -0.846. The van der Waals surface area contributed by atoms with E-state index in [1.54, 1.807) is 0 Å². The van der Waals surface area contributed by atoms with E-state index >= 15 is 0 Å². The number of rotatable bonds is 3. The summed E-state index contributed by atoms with van der Waals surface area (Å²) in [6.45, 7) is 6.92. The highest BCUT2D eigenvalue weighted by atomic mass is 19.4. The van der Waals surface area contributed by atoms with Crippen LogP contribution in [0.1, 0.15) is 38.8 Å². The van der Waals surface area contributed by atoms with Crippen LogP contribution in [0.15, 0.2) is 23.7 Å². The van der Waals surface area contributed by atoms with Gasteiger partial charge >= 0.3 is 13.3 Å². The number of aromatic hydroxyl groups is 1. The van der Waals surface area contributed by atoms with Gasteiger partial charge in [-0.3, -0.25) is 0 Å². The monoisotopic (exact) mass is 344 g/mol. The lowest BCUT2D eigenvalue weighted by Gasteiger charge is -2.32. The quantitative estimate of drug-likeness (QED) is 0.825. The van der Waals surface area contributed by atoms with Gasteiger partial charge in [0.05, 0.1) is 23.4 Å². The van der Waals surface area contributed by atoms with E-state index in [0.29, 0.717) is 5.47 Å². The molecule has 0 unspecified atom stereocenters. The fourth-order valence-corrected chi connectivity index (χ4v) is 2.27. The third-order valence-electron chi connectivity index (χ3n) is 4.42. The van der Waals surface area contributed by atoms with E-state index in [9.17, 15) is 23.4 Å². The molecule has 4 nitrogen and oxygen atoms in total. The van der Waals surface area contributed by atoms with Crippen molar-refractivity contribution in [2.75, 3.05) is 6.61 Å². The van der Waals surface area contributed by atoms with E-state index in [-0.39, 0.29) is 5.56 Å². The van der Waals surface area contributed by atoms with Crippen molar-refractivity contribution >= 4 is 13.2 Å². The highest BCUT2D eigenvalue weighted by molar-refractivity contribution is 6.55. The van der Waals surface area contributed by atoms with Crippen LogP contribution in [0.3, 0.4) is 0 Å². The van der Waals surface area contributed by atoms with Gasteiger partial charge in [-0.15, -0.1) is 0 Å². The third-order valence-corrected chi connectivity index (χ3v) is 4.42. The molecule has 0 radical (unpaired) electrons. The maximum atomic E-state index is 12.9. The molecule has 2 rings (SSSR count). The highest BCUT2D eigenvalue weighted by Gasteiger charge is 2.52. The van der Waals surface area contributed by atoms with E-state index in [4.69, 9.17) is 9.31 Å². The average molecular weight is 344 g/mol. The summed E-state index contributed by atoms with van der Waals surface area (Å²) < 4.78 is 50.2. The first kappa shape index (κ1) is 18.8.